The van der Waals surface area contributed by atoms with Crippen LogP contribution in [-0.2, 0) is 4.74 Å². The molecule has 1 heterocycles. The maximum Gasteiger partial charge on any atom is 0.410 e. The Kier molecular flexibility index (Phi) is 5.65. The lowest BCUT2D eigenvalue weighted by molar-refractivity contribution is -0.00493. The summed E-state index contributed by atoms with van der Waals surface area (Å²) in [6.45, 7) is 15.0. The van der Waals surface area contributed by atoms with E-state index in [-0.39, 0.29) is 12.1 Å². The van der Waals surface area contributed by atoms with Crippen molar-refractivity contribution in [2.75, 3.05) is 19.6 Å². The molecule has 1 atom stereocenters. The van der Waals surface area contributed by atoms with Gasteiger partial charge >= 0.3 is 6.09 Å². The molecule has 0 radical (unpaired) electrons. The Morgan fingerprint density at radius 3 is 2.26 bits per heavy atom. The maximum atomic E-state index is 12.1. The first-order chi connectivity index (χ1) is 8.78. The highest BCUT2D eigenvalue weighted by Crippen LogP contribution is 2.18. The summed E-state index contributed by atoms with van der Waals surface area (Å²) in [4.78, 5) is 16.5. The molecule has 0 aromatic rings. The second-order valence-electron chi connectivity index (χ2n) is 6.49. The zero-order chi connectivity index (χ0) is 14.6. The van der Waals surface area contributed by atoms with E-state index >= 15 is 0 Å². The third kappa shape index (κ3) is 4.68. The summed E-state index contributed by atoms with van der Waals surface area (Å²) in [7, 11) is 0. The van der Waals surface area contributed by atoms with Crippen LogP contribution in [0.1, 0.15) is 54.4 Å². The minimum Gasteiger partial charge on any atom is -0.444 e. The Morgan fingerprint density at radius 2 is 1.84 bits per heavy atom. The second kappa shape index (κ2) is 6.60. The fourth-order valence-electron chi connectivity index (χ4n) is 2.71. The van der Waals surface area contributed by atoms with Crippen LogP contribution >= 0.6 is 0 Å². The van der Waals surface area contributed by atoms with Crippen molar-refractivity contribution in [3.8, 4) is 0 Å². The summed E-state index contributed by atoms with van der Waals surface area (Å²) in [5.41, 5.74) is -0.413. The van der Waals surface area contributed by atoms with Crippen molar-refractivity contribution in [3.05, 3.63) is 0 Å². The molecule has 0 spiro atoms. The average Bonchev–Trinajstić information content (AvgIpc) is 2.28. The second-order valence-corrected chi connectivity index (χ2v) is 6.49. The topological polar surface area (TPSA) is 32.8 Å². The van der Waals surface area contributed by atoms with Crippen LogP contribution in [0.15, 0.2) is 0 Å². The first-order valence-electron chi connectivity index (χ1n) is 7.52. The molecule has 1 aliphatic rings. The molecule has 4 nitrogen and oxygen atoms in total. The normalized spacial score (nSPS) is 21.8. The number of hydrogen-bond donors (Lipinski definition) is 0. The number of amides is 1. The first-order valence-corrected chi connectivity index (χ1v) is 7.52. The number of carbonyl (C=O) groups excluding carboxylic acids is 1. The molecule has 1 aliphatic heterocycles. The molecule has 4 heteroatoms. The van der Waals surface area contributed by atoms with Gasteiger partial charge in [-0.2, -0.15) is 0 Å². The molecule has 0 bridgehead atoms. The number of nitrogens with zero attached hydrogens (tertiary/aromatic N) is 2. The van der Waals surface area contributed by atoms with Crippen LogP contribution in [0, 0.1) is 0 Å². The molecule has 1 saturated heterocycles. The van der Waals surface area contributed by atoms with E-state index in [0.29, 0.717) is 6.04 Å². The fourth-order valence-corrected chi connectivity index (χ4v) is 2.71. The highest BCUT2D eigenvalue weighted by molar-refractivity contribution is 5.68. The molecule has 0 N–H and O–H groups in total. The van der Waals surface area contributed by atoms with E-state index in [9.17, 15) is 4.79 Å². The summed E-state index contributed by atoms with van der Waals surface area (Å²) >= 11 is 0. The average molecular weight is 270 g/mol. The van der Waals surface area contributed by atoms with Crippen LogP contribution in [0.4, 0.5) is 4.79 Å². The smallest absolute Gasteiger partial charge is 0.410 e. The van der Waals surface area contributed by atoms with E-state index in [0.717, 1.165) is 19.6 Å². The number of piperazine rings is 1. The lowest BCUT2D eigenvalue weighted by atomic mass is 10.1. The summed E-state index contributed by atoms with van der Waals surface area (Å²) in [6.07, 6.45) is 2.18. The minimum absolute atomic E-state index is 0.177. The third-order valence-electron chi connectivity index (χ3n) is 3.75. The zero-order valence-electron chi connectivity index (χ0n) is 13.4. The van der Waals surface area contributed by atoms with Gasteiger partial charge in [-0.1, -0.05) is 13.8 Å². The van der Waals surface area contributed by atoms with Crippen LogP contribution in [0.5, 0.6) is 0 Å². The van der Waals surface area contributed by atoms with Gasteiger partial charge in [0.05, 0.1) is 0 Å². The Hall–Kier alpha value is -0.770. The summed E-state index contributed by atoms with van der Waals surface area (Å²) < 4.78 is 5.46. The molecule has 0 saturated carbocycles. The molecule has 0 aromatic heterocycles. The fraction of sp³-hybridized carbons (Fsp3) is 0.933. The van der Waals surface area contributed by atoms with Gasteiger partial charge in [0.2, 0.25) is 0 Å². The lowest BCUT2D eigenvalue weighted by Gasteiger charge is -2.43. The Morgan fingerprint density at radius 1 is 1.26 bits per heavy atom. The van der Waals surface area contributed by atoms with Crippen LogP contribution in [0.3, 0.4) is 0 Å². The van der Waals surface area contributed by atoms with Crippen molar-refractivity contribution in [3.63, 3.8) is 0 Å². The number of rotatable bonds is 3. The Labute approximate surface area is 118 Å². The van der Waals surface area contributed by atoms with Gasteiger partial charge in [-0.3, -0.25) is 4.90 Å². The van der Waals surface area contributed by atoms with Gasteiger partial charge < -0.3 is 9.64 Å². The number of hydrogen-bond acceptors (Lipinski definition) is 3. The van der Waals surface area contributed by atoms with E-state index in [2.05, 4.69) is 25.7 Å². The summed E-state index contributed by atoms with van der Waals surface area (Å²) in [5, 5.41) is 0. The monoisotopic (exact) mass is 270 g/mol. The van der Waals surface area contributed by atoms with Crippen molar-refractivity contribution >= 4 is 6.09 Å². The molecule has 1 amide bonds. The highest BCUT2D eigenvalue weighted by atomic mass is 16.6. The number of ether oxygens (including phenoxy) is 1. The summed E-state index contributed by atoms with van der Waals surface area (Å²) in [5.74, 6) is 0. The Balaban J connectivity index is 2.57. The largest absolute Gasteiger partial charge is 0.444 e. The van der Waals surface area contributed by atoms with Gasteiger partial charge in [-0.05, 0) is 40.5 Å². The SMILES string of the molecule is CCC(CC)N1CCN(C(=O)OC(C)(C)C)C(C)C1. The lowest BCUT2D eigenvalue weighted by Crippen LogP contribution is -2.57. The highest BCUT2D eigenvalue weighted by Gasteiger charge is 2.32. The van der Waals surface area contributed by atoms with Gasteiger partial charge in [0, 0.05) is 31.7 Å². The van der Waals surface area contributed by atoms with Crippen molar-refractivity contribution in [1.29, 1.82) is 0 Å². The van der Waals surface area contributed by atoms with E-state index in [4.69, 9.17) is 4.74 Å². The van der Waals surface area contributed by atoms with Gasteiger partial charge in [0.1, 0.15) is 5.60 Å². The van der Waals surface area contributed by atoms with Gasteiger partial charge in [-0.15, -0.1) is 0 Å². The maximum absolute atomic E-state index is 12.1. The minimum atomic E-state index is -0.413. The predicted octanol–water partition coefficient (Wildman–Crippen LogP) is 3.12. The standard InChI is InChI=1S/C15H30N2O2/c1-7-13(8-2)16-9-10-17(12(3)11-16)14(18)19-15(4,5)6/h12-13H,7-11H2,1-6H3. The molecule has 0 aromatic carbocycles. The molecule has 0 aliphatic carbocycles. The molecular weight excluding hydrogens is 240 g/mol. The molecule has 1 rings (SSSR count). The van der Waals surface area contributed by atoms with E-state index in [1.165, 1.54) is 12.8 Å². The van der Waals surface area contributed by atoms with Crippen molar-refractivity contribution < 1.29 is 9.53 Å². The van der Waals surface area contributed by atoms with Crippen molar-refractivity contribution in [2.24, 2.45) is 0 Å². The quantitative estimate of drug-likeness (QED) is 0.790. The van der Waals surface area contributed by atoms with Crippen molar-refractivity contribution in [1.82, 2.24) is 9.80 Å². The molecule has 19 heavy (non-hydrogen) atoms. The molecule has 1 fully saturated rings. The predicted molar refractivity (Wildman–Crippen MR) is 78.3 cm³/mol. The molecule has 112 valence electrons. The van der Waals surface area contributed by atoms with Crippen LogP contribution in [0.2, 0.25) is 0 Å². The third-order valence-corrected chi connectivity index (χ3v) is 3.75. The van der Waals surface area contributed by atoms with Crippen LogP contribution in [0.25, 0.3) is 0 Å². The first kappa shape index (κ1) is 16.3. The molecule has 1 unspecified atom stereocenters. The van der Waals surface area contributed by atoms with Gasteiger partial charge in [-0.25, -0.2) is 4.79 Å². The van der Waals surface area contributed by atoms with E-state index in [1.807, 2.05) is 25.7 Å². The van der Waals surface area contributed by atoms with E-state index in [1.54, 1.807) is 0 Å². The van der Waals surface area contributed by atoms with E-state index < -0.39 is 5.60 Å². The van der Waals surface area contributed by atoms with Gasteiger partial charge in [0.25, 0.3) is 0 Å². The molecular formula is C15H30N2O2. The van der Waals surface area contributed by atoms with Crippen molar-refractivity contribution in [2.45, 2.75) is 72.1 Å². The Bertz CT molecular complexity index is 295. The van der Waals surface area contributed by atoms with Crippen LogP contribution in [-0.4, -0.2) is 53.2 Å². The number of carbonyl (C=O) groups is 1. The summed E-state index contributed by atoms with van der Waals surface area (Å²) in [6, 6.07) is 0.868. The zero-order valence-corrected chi connectivity index (χ0v) is 13.4. The van der Waals surface area contributed by atoms with Crippen LogP contribution < -0.4 is 0 Å². The van der Waals surface area contributed by atoms with Gasteiger partial charge in [0.15, 0.2) is 0 Å².